The molecule has 0 spiro atoms. The lowest BCUT2D eigenvalue weighted by molar-refractivity contribution is -0.117. The normalized spacial score (nSPS) is 10.3. The van der Waals surface area contributed by atoms with Gasteiger partial charge in [0.05, 0.1) is 24.9 Å². The maximum Gasteiger partial charge on any atom is 0.226 e. The van der Waals surface area contributed by atoms with E-state index in [4.69, 9.17) is 4.74 Å². The van der Waals surface area contributed by atoms with Gasteiger partial charge in [-0.2, -0.15) is 0 Å². The fraction of sp³-hybridized carbons (Fsp3) is 0.500. The maximum atomic E-state index is 11.5. The fourth-order valence-corrected chi connectivity index (χ4v) is 1.48. The number of rotatable bonds is 6. The molecular formula is C12H17BrN2O2. The molecule has 1 rings (SSSR count). The summed E-state index contributed by atoms with van der Waals surface area (Å²) in [6.45, 7) is 5.13. The number of hydrogen-bond acceptors (Lipinski definition) is 3. The first-order valence-corrected chi connectivity index (χ1v) is 6.42. The summed E-state index contributed by atoms with van der Waals surface area (Å²) in [6.07, 6.45) is 2.97. The molecule has 0 unspecified atom stereocenters. The fourth-order valence-electron chi connectivity index (χ4n) is 1.26. The molecule has 0 aromatic carbocycles. The standard InChI is InChI=1S/C12H17BrN2O2/c1-3-5-17-6-4-11(16)15-10-7-9(2)12(13)14-8-10/h7-8H,3-6H2,1-2H3,(H,15,16). The van der Waals surface area contributed by atoms with E-state index >= 15 is 0 Å². The Morgan fingerprint density at radius 3 is 2.94 bits per heavy atom. The van der Waals surface area contributed by atoms with Crippen molar-refractivity contribution < 1.29 is 9.53 Å². The summed E-state index contributed by atoms with van der Waals surface area (Å²) in [5.41, 5.74) is 1.70. The first kappa shape index (κ1) is 14.1. The van der Waals surface area contributed by atoms with Crippen molar-refractivity contribution in [1.29, 1.82) is 0 Å². The maximum absolute atomic E-state index is 11.5. The van der Waals surface area contributed by atoms with Crippen LogP contribution in [0.2, 0.25) is 0 Å². The van der Waals surface area contributed by atoms with Gasteiger partial charge in [-0.3, -0.25) is 4.79 Å². The summed E-state index contributed by atoms with van der Waals surface area (Å²) in [6, 6.07) is 1.88. The number of pyridine rings is 1. The van der Waals surface area contributed by atoms with Crippen molar-refractivity contribution in [3.05, 3.63) is 22.4 Å². The number of anilines is 1. The lowest BCUT2D eigenvalue weighted by Crippen LogP contribution is -2.14. The molecule has 0 bridgehead atoms. The highest BCUT2D eigenvalue weighted by atomic mass is 79.9. The van der Waals surface area contributed by atoms with E-state index in [1.54, 1.807) is 6.20 Å². The molecule has 0 saturated carbocycles. The van der Waals surface area contributed by atoms with Crippen LogP contribution in [0.15, 0.2) is 16.9 Å². The van der Waals surface area contributed by atoms with Gasteiger partial charge in [-0.05, 0) is 40.9 Å². The monoisotopic (exact) mass is 300 g/mol. The van der Waals surface area contributed by atoms with Crippen LogP contribution in [0.4, 0.5) is 5.69 Å². The van der Waals surface area contributed by atoms with Gasteiger partial charge in [0, 0.05) is 6.61 Å². The first-order chi connectivity index (χ1) is 8.13. The van der Waals surface area contributed by atoms with Crippen LogP contribution in [0.1, 0.15) is 25.3 Å². The Morgan fingerprint density at radius 1 is 1.53 bits per heavy atom. The van der Waals surface area contributed by atoms with E-state index < -0.39 is 0 Å². The Kier molecular flexibility index (Phi) is 6.15. The zero-order valence-electron chi connectivity index (χ0n) is 10.1. The van der Waals surface area contributed by atoms with Gasteiger partial charge in [-0.25, -0.2) is 4.98 Å². The first-order valence-electron chi connectivity index (χ1n) is 5.63. The Bertz CT molecular complexity index is 383. The van der Waals surface area contributed by atoms with E-state index in [0.29, 0.717) is 25.3 Å². The number of aryl methyl sites for hydroxylation is 1. The zero-order chi connectivity index (χ0) is 12.7. The lowest BCUT2D eigenvalue weighted by atomic mass is 10.3. The van der Waals surface area contributed by atoms with Crippen LogP contribution in [0, 0.1) is 6.92 Å². The van der Waals surface area contributed by atoms with Gasteiger partial charge in [0.15, 0.2) is 0 Å². The topological polar surface area (TPSA) is 51.2 Å². The molecule has 0 radical (unpaired) electrons. The van der Waals surface area contributed by atoms with Crippen LogP contribution >= 0.6 is 15.9 Å². The third kappa shape index (κ3) is 5.28. The number of carbonyl (C=O) groups is 1. The van der Waals surface area contributed by atoms with Crippen LogP contribution in [0.3, 0.4) is 0 Å². The van der Waals surface area contributed by atoms with Gasteiger partial charge in [0.2, 0.25) is 5.91 Å². The van der Waals surface area contributed by atoms with Crippen molar-refractivity contribution in [2.45, 2.75) is 26.7 Å². The Hall–Kier alpha value is -0.940. The predicted octanol–water partition coefficient (Wildman–Crippen LogP) is 2.91. The molecule has 1 N–H and O–H groups in total. The largest absolute Gasteiger partial charge is 0.381 e. The van der Waals surface area contributed by atoms with E-state index in [-0.39, 0.29) is 5.91 Å². The average molecular weight is 301 g/mol. The summed E-state index contributed by atoms with van der Waals surface area (Å²) in [5.74, 6) is -0.0513. The van der Waals surface area contributed by atoms with Crippen molar-refractivity contribution in [2.24, 2.45) is 0 Å². The summed E-state index contributed by atoms with van der Waals surface area (Å²) in [5, 5.41) is 2.78. The highest BCUT2D eigenvalue weighted by Gasteiger charge is 2.04. The summed E-state index contributed by atoms with van der Waals surface area (Å²) < 4.78 is 6.04. The molecule has 94 valence electrons. The number of amides is 1. The third-order valence-electron chi connectivity index (χ3n) is 2.12. The summed E-state index contributed by atoms with van der Waals surface area (Å²) >= 11 is 3.31. The van der Waals surface area contributed by atoms with E-state index in [1.807, 2.05) is 19.9 Å². The van der Waals surface area contributed by atoms with Crippen molar-refractivity contribution in [1.82, 2.24) is 4.98 Å². The molecule has 1 aromatic heterocycles. The molecule has 17 heavy (non-hydrogen) atoms. The quantitative estimate of drug-likeness (QED) is 0.649. The number of halogens is 1. The van der Waals surface area contributed by atoms with Crippen molar-refractivity contribution in [3.8, 4) is 0 Å². The van der Waals surface area contributed by atoms with Gasteiger partial charge in [0.1, 0.15) is 4.60 Å². The van der Waals surface area contributed by atoms with Gasteiger partial charge in [-0.1, -0.05) is 6.92 Å². The van der Waals surface area contributed by atoms with E-state index in [9.17, 15) is 4.79 Å². The Balaban J connectivity index is 2.37. The molecule has 0 aliphatic carbocycles. The molecule has 1 aromatic rings. The van der Waals surface area contributed by atoms with E-state index in [0.717, 1.165) is 16.6 Å². The third-order valence-corrected chi connectivity index (χ3v) is 2.95. The molecule has 4 nitrogen and oxygen atoms in total. The highest BCUT2D eigenvalue weighted by Crippen LogP contribution is 2.16. The Labute approximate surface area is 110 Å². The predicted molar refractivity (Wildman–Crippen MR) is 71.0 cm³/mol. The molecule has 0 aliphatic rings. The van der Waals surface area contributed by atoms with Crippen molar-refractivity contribution in [3.63, 3.8) is 0 Å². The summed E-state index contributed by atoms with van der Waals surface area (Å²) in [4.78, 5) is 15.7. The molecule has 0 atom stereocenters. The number of nitrogens with one attached hydrogen (secondary N) is 1. The molecular weight excluding hydrogens is 284 g/mol. The number of ether oxygens (including phenoxy) is 1. The minimum absolute atomic E-state index is 0.0513. The molecule has 1 heterocycles. The number of nitrogens with zero attached hydrogens (tertiary/aromatic N) is 1. The van der Waals surface area contributed by atoms with E-state index in [1.165, 1.54) is 0 Å². The average Bonchev–Trinajstić information content (AvgIpc) is 2.30. The molecule has 5 heteroatoms. The minimum Gasteiger partial charge on any atom is -0.381 e. The van der Waals surface area contributed by atoms with Crippen LogP contribution in [-0.2, 0) is 9.53 Å². The smallest absolute Gasteiger partial charge is 0.226 e. The van der Waals surface area contributed by atoms with Crippen LogP contribution in [-0.4, -0.2) is 24.1 Å². The molecule has 0 fully saturated rings. The summed E-state index contributed by atoms with van der Waals surface area (Å²) in [7, 11) is 0. The second kappa shape index (κ2) is 7.40. The van der Waals surface area contributed by atoms with Crippen LogP contribution in [0.25, 0.3) is 0 Å². The molecule has 0 aliphatic heterocycles. The second-order valence-corrected chi connectivity index (χ2v) is 4.49. The van der Waals surface area contributed by atoms with E-state index in [2.05, 4.69) is 26.2 Å². The van der Waals surface area contributed by atoms with Crippen molar-refractivity contribution in [2.75, 3.05) is 18.5 Å². The minimum atomic E-state index is -0.0513. The van der Waals surface area contributed by atoms with Gasteiger partial charge in [-0.15, -0.1) is 0 Å². The zero-order valence-corrected chi connectivity index (χ0v) is 11.7. The molecule has 1 amide bonds. The van der Waals surface area contributed by atoms with Crippen LogP contribution in [0.5, 0.6) is 0 Å². The van der Waals surface area contributed by atoms with Gasteiger partial charge >= 0.3 is 0 Å². The SMILES string of the molecule is CCCOCCC(=O)Nc1cnc(Br)c(C)c1. The second-order valence-electron chi connectivity index (χ2n) is 3.74. The van der Waals surface area contributed by atoms with Crippen LogP contribution < -0.4 is 5.32 Å². The van der Waals surface area contributed by atoms with Crippen molar-refractivity contribution >= 4 is 27.5 Å². The van der Waals surface area contributed by atoms with Gasteiger partial charge in [0.25, 0.3) is 0 Å². The highest BCUT2D eigenvalue weighted by molar-refractivity contribution is 9.10. The number of aromatic nitrogens is 1. The number of carbonyl (C=O) groups excluding carboxylic acids is 1. The van der Waals surface area contributed by atoms with Gasteiger partial charge < -0.3 is 10.1 Å². The lowest BCUT2D eigenvalue weighted by Gasteiger charge is -2.06. The molecule has 0 saturated heterocycles. The Morgan fingerprint density at radius 2 is 2.29 bits per heavy atom. The number of hydrogen-bond donors (Lipinski definition) is 1.